The molecule has 1 aromatic heterocycles. The Morgan fingerprint density at radius 1 is 1.00 bits per heavy atom. The number of fused-ring (bicyclic) bond motifs is 2. The molecule has 160 valence electrons. The maximum absolute atomic E-state index is 13.1. The molecule has 0 fully saturated rings. The van der Waals surface area contributed by atoms with Crippen LogP contribution in [0.4, 0.5) is 10.2 Å². The van der Waals surface area contributed by atoms with Crippen LogP contribution in [0.2, 0.25) is 0 Å². The van der Waals surface area contributed by atoms with E-state index in [2.05, 4.69) is 4.90 Å². The number of pyridine rings is 1. The lowest BCUT2D eigenvalue weighted by atomic mass is 10.1. The normalized spacial score (nSPS) is 16.4. The lowest BCUT2D eigenvalue weighted by Crippen LogP contribution is -2.43. The van der Waals surface area contributed by atoms with E-state index < -0.39 is 0 Å². The number of rotatable bonds is 2. The lowest BCUT2D eigenvalue weighted by molar-refractivity contribution is -0.139. The predicted molar refractivity (Wildman–Crippen MR) is 115 cm³/mol. The van der Waals surface area contributed by atoms with Crippen LogP contribution in [-0.4, -0.2) is 66.9 Å². The molecule has 0 spiro atoms. The molecule has 0 aliphatic carbocycles. The van der Waals surface area contributed by atoms with Gasteiger partial charge >= 0.3 is 0 Å². The quantitative estimate of drug-likeness (QED) is 0.761. The molecule has 7 heteroatoms. The first-order chi connectivity index (χ1) is 14.4. The topological polar surface area (TPSA) is 56.8 Å². The van der Waals surface area contributed by atoms with Gasteiger partial charge in [-0.2, -0.15) is 0 Å². The molecule has 3 rings (SSSR count). The van der Waals surface area contributed by atoms with E-state index in [9.17, 15) is 14.0 Å². The van der Waals surface area contributed by atoms with E-state index in [4.69, 9.17) is 4.98 Å². The molecule has 0 N–H and O–H groups in total. The summed E-state index contributed by atoms with van der Waals surface area (Å²) in [6, 6.07) is 11.9. The third-order valence-corrected chi connectivity index (χ3v) is 5.40. The van der Waals surface area contributed by atoms with E-state index in [1.54, 1.807) is 29.0 Å². The Morgan fingerprint density at radius 2 is 1.73 bits per heavy atom. The summed E-state index contributed by atoms with van der Waals surface area (Å²) in [4.78, 5) is 35.7. The van der Waals surface area contributed by atoms with E-state index in [1.807, 2.05) is 25.2 Å². The van der Waals surface area contributed by atoms with Gasteiger partial charge in [0.1, 0.15) is 11.6 Å². The number of nitrogens with zero attached hydrogens (tertiary/aromatic N) is 4. The Kier molecular flexibility index (Phi) is 7.38. The maximum Gasteiger partial charge on any atom is 0.241 e. The second kappa shape index (κ2) is 10.2. The molecule has 1 aliphatic rings. The SMILES string of the molecule is CN1CCCN(C)c2cccc(n2)CCCN(C(=O)Cc2ccc(F)cc2)CC1=O. The summed E-state index contributed by atoms with van der Waals surface area (Å²) in [5.74, 6) is 0.389. The Labute approximate surface area is 177 Å². The van der Waals surface area contributed by atoms with E-state index in [-0.39, 0.29) is 30.6 Å². The standard InChI is InChI=1S/C23H29FN4O2/c1-26-13-5-14-27(2)23(30)17-28(15-4-7-20-6-3-8-21(26)25-20)22(29)16-18-9-11-19(24)12-10-18/h3,6,8-12H,4-5,7,13-17H2,1-2H3. The van der Waals surface area contributed by atoms with Gasteiger partial charge in [0.25, 0.3) is 0 Å². The minimum atomic E-state index is -0.332. The fraction of sp³-hybridized carbons (Fsp3) is 0.435. The minimum absolute atomic E-state index is 0.0554. The van der Waals surface area contributed by atoms with Crippen LogP contribution < -0.4 is 4.90 Å². The van der Waals surface area contributed by atoms with Gasteiger partial charge < -0.3 is 14.7 Å². The third-order valence-electron chi connectivity index (χ3n) is 5.40. The largest absolute Gasteiger partial charge is 0.360 e. The number of amides is 2. The molecule has 0 radical (unpaired) electrons. The molecule has 1 aromatic carbocycles. The molecule has 1 aliphatic heterocycles. The van der Waals surface area contributed by atoms with Crippen molar-refractivity contribution in [1.82, 2.24) is 14.8 Å². The molecule has 2 heterocycles. The average molecular weight is 413 g/mol. The Bertz CT molecular complexity index is 872. The summed E-state index contributed by atoms with van der Waals surface area (Å²) in [7, 11) is 3.78. The number of hydrogen-bond acceptors (Lipinski definition) is 4. The monoisotopic (exact) mass is 412 g/mol. The zero-order chi connectivity index (χ0) is 21.5. The van der Waals surface area contributed by atoms with E-state index in [0.717, 1.165) is 36.5 Å². The second-order valence-corrected chi connectivity index (χ2v) is 7.80. The summed E-state index contributed by atoms with van der Waals surface area (Å²) in [5, 5.41) is 0. The highest BCUT2D eigenvalue weighted by Crippen LogP contribution is 2.13. The van der Waals surface area contributed by atoms with Crippen molar-refractivity contribution in [3.8, 4) is 0 Å². The van der Waals surface area contributed by atoms with Gasteiger partial charge in [0, 0.05) is 39.4 Å². The van der Waals surface area contributed by atoms with Crippen molar-refractivity contribution >= 4 is 17.6 Å². The molecule has 0 saturated heterocycles. The number of carbonyl (C=O) groups excluding carboxylic acids is 2. The van der Waals surface area contributed by atoms with Crippen LogP contribution in [0.25, 0.3) is 0 Å². The molecule has 0 atom stereocenters. The highest BCUT2D eigenvalue weighted by Gasteiger charge is 2.20. The zero-order valence-electron chi connectivity index (χ0n) is 17.7. The highest BCUT2D eigenvalue weighted by molar-refractivity contribution is 5.85. The average Bonchev–Trinajstić information content (AvgIpc) is 2.74. The van der Waals surface area contributed by atoms with Crippen LogP contribution in [0.5, 0.6) is 0 Å². The van der Waals surface area contributed by atoms with Crippen LogP contribution in [-0.2, 0) is 22.4 Å². The zero-order valence-corrected chi connectivity index (χ0v) is 17.7. The first-order valence-electron chi connectivity index (χ1n) is 10.4. The van der Waals surface area contributed by atoms with Gasteiger partial charge in [-0.15, -0.1) is 0 Å². The number of benzene rings is 1. The number of aromatic nitrogens is 1. The molecule has 2 bridgehead atoms. The maximum atomic E-state index is 13.1. The van der Waals surface area contributed by atoms with Crippen molar-refractivity contribution in [2.75, 3.05) is 45.2 Å². The van der Waals surface area contributed by atoms with Crippen molar-refractivity contribution in [2.24, 2.45) is 0 Å². The van der Waals surface area contributed by atoms with Crippen LogP contribution in [0.15, 0.2) is 42.5 Å². The molecule has 2 aromatic rings. The fourth-order valence-electron chi connectivity index (χ4n) is 3.52. The summed E-state index contributed by atoms with van der Waals surface area (Å²) in [5.41, 5.74) is 1.71. The van der Waals surface area contributed by atoms with Crippen molar-refractivity contribution in [2.45, 2.75) is 25.7 Å². The number of carbonyl (C=O) groups is 2. The van der Waals surface area contributed by atoms with Crippen LogP contribution in [0.1, 0.15) is 24.1 Å². The number of hydrogen-bond donors (Lipinski definition) is 0. The molecule has 0 saturated carbocycles. The Balaban J connectivity index is 1.74. The van der Waals surface area contributed by atoms with Crippen molar-refractivity contribution in [3.05, 3.63) is 59.5 Å². The van der Waals surface area contributed by atoms with Gasteiger partial charge in [0.15, 0.2) is 0 Å². The van der Waals surface area contributed by atoms with Crippen LogP contribution in [0.3, 0.4) is 0 Å². The minimum Gasteiger partial charge on any atom is -0.360 e. The lowest BCUT2D eigenvalue weighted by Gasteiger charge is -2.27. The van der Waals surface area contributed by atoms with Gasteiger partial charge in [0.05, 0.1) is 13.0 Å². The Hall–Kier alpha value is -2.96. The molecular formula is C23H29FN4O2. The smallest absolute Gasteiger partial charge is 0.241 e. The van der Waals surface area contributed by atoms with E-state index >= 15 is 0 Å². The van der Waals surface area contributed by atoms with Gasteiger partial charge in [-0.05, 0) is 49.1 Å². The van der Waals surface area contributed by atoms with E-state index in [0.29, 0.717) is 19.5 Å². The molecule has 0 unspecified atom stereocenters. The molecule has 6 nitrogen and oxygen atoms in total. The summed E-state index contributed by atoms with van der Waals surface area (Å²) < 4.78 is 13.1. The first kappa shape index (κ1) is 21.7. The van der Waals surface area contributed by atoms with Gasteiger partial charge in [-0.25, -0.2) is 9.37 Å². The first-order valence-corrected chi connectivity index (χ1v) is 10.4. The van der Waals surface area contributed by atoms with Gasteiger partial charge in [0.2, 0.25) is 11.8 Å². The number of likely N-dealkylation sites (N-methyl/N-ethyl adjacent to an activating group) is 1. The van der Waals surface area contributed by atoms with Crippen molar-refractivity contribution in [1.29, 1.82) is 0 Å². The summed E-state index contributed by atoms with van der Waals surface area (Å²) >= 11 is 0. The molecule has 30 heavy (non-hydrogen) atoms. The highest BCUT2D eigenvalue weighted by atomic mass is 19.1. The number of halogens is 1. The fourth-order valence-corrected chi connectivity index (χ4v) is 3.52. The number of aryl methyl sites for hydroxylation is 1. The second-order valence-electron chi connectivity index (χ2n) is 7.80. The summed E-state index contributed by atoms with van der Waals surface area (Å²) in [6.45, 7) is 1.94. The predicted octanol–water partition coefficient (Wildman–Crippen LogP) is 2.52. The summed E-state index contributed by atoms with van der Waals surface area (Å²) in [6.07, 6.45) is 2.41. The van der Waals surface area contributed by atoms with Gasteiger partial charge in [-0.1, -0.05) is 18.2 Å². The van der Waals surface area contributed by atoms with Gasteiger partial charge in [-0.3, -0.25) is 9.59 Å². The van der Waals surface area contributed by atoms with Crippen molar-refractivity contribution in [3.63, 3.8) is 0 Å². The van der Waals surface area contributed by atoms with Crippen LogP contribution in [0, 0.1) is 5.82 Å². The third kappa shape index (κ3) is 6.02. The molecule has 2 amide bonds. The van der Waals surface area contributed by atoms with Crippen LogP contribution >= 0.6 is 0 Å². The Morgan fingerprint density at radius 3 is 2.50 bits per heavy atom. The molecular weight excluding hydrogens is 383 g/mol. The van der Waals surface area contributed by atoms with Crippen molar-refractivity contribution < 1.29 is 14.0 Å². The number of anilines is 1. The van der Waals surface area contributed by atoms with E-state index in [1.165, 1.54) is 12.1 Å².